The number of hydroxylamine groups is 2. The van der Waals surface area contributed by atoms with E-state index in [-0.39, 0.29) is 30.9 Å². The first kappa shape index (κ1) is 42.0. The molecule has 0 spiro atoms. The van der Waals surface area contributed by atoms with Gasteiger partial charge in [-0.2, -0.15) is 5.06 Å². The maximum Gasteiger partial charge on any atom is 0.335 e. The summed E-state index contributed by atoms with van der Waals surface area (Å²) in [5.41, 5.74) is 1.44. The zero-order valence-corrected chi connectivity index (χ0v) is 32.1. The van der Waals surface area contributed by atoms with Gasteiger partial charge < -0.3 is 29.1 Å². The predicted molar refractivity (Wildman–Crippen MR) is 200 cm³/mol. The van der Waals surface area contributed by atoms with Crippen LogP contribution in [0.4, 0.5) is 0 Å². The molecule has 1 aromatic heterocycles. The molecule has 3 atom stereocenters. The summed E-state index contributed by atoms with van der Waals surface area (Å²) in [4.78, 5) is 56.9. The van der Waals surface area contributed by atoms with E-state index in [0.717, 1.165) is 29.9 Å². The van der Waals surface area contributed by atoms with E-state index in [4.69, 9.17) is 18.5 Å². The van der Waals surface area contributed by atoms with Crippen molar-refractivity contribution >= 4 is 36.9 Å². The van der Waals surface area contributed by atoms with Crippen LogP contribution in [-0.2, 0) is 34.9 Å². The SMILES string of the molecule is CCCCC[C@@H](C(=O)NCNC(=O)c1ccc(-c2cc(OCC)cc(P(C)(=O)OCc3ccccc3)c2)o1)[C@@H](CC)N(C=O)OC(=O)C(CC)CC. The Kier molecular flexibility index (Phi) is 17.1. The van der Waals surface area contributed by atoms with Gasteiger partial charge in [0.25, 0.3) is 5.91 Å². The Balaban J connectivity index is 1.71. The van der Waals surface area contributed by atoms with Crippen LogP contribution in [0, 0.1) is 11.8 Å². The fourth-order valence-electron chi connectivity index (χ4n) is 5.82. The third-order valence-electron chi connectivity index (χ3n) is 8.90. The largest absolute Gasteiger partial charge is 0.494 e. The lowest BCUT2D eigenvalue weighted by Crippen LogP contribution is -2.49. The summed E-state index contributed by atoms with van der Waals surface area (Å²) in [5.74, 6) is -1.67. The molecular weight excluding hydrogens is 685 g/mol. The number of unbranched alkanes of at least 4 members (excludes halogenated alkanes) is 2. The molecule has 3 amide bonds. The van der Waals surface area contributed by atoms with Gasteiger partial charge in [0.2, 0.25) is 19.7 Å². The molecule has 2 aromatic carbocycles. The first-order valence-electron chi connectivity index (χ1n) is 18.2. The quantitative estimate of drug-likeness (QED) is 0.0337. The van der Waals surface area contributed by atoms with Crippen molar-refractivity contribution in [2.75, 3.05) is 19.9 Å². The van der Waals surface area contributed by atoms with Crippen LogP contribution in [0.25, 0.3) is 11.3 Å². The Morgan fingerprint density at radius 2 is 1.65 bits per heavy atom. The van der Waals surface area contributed by atoms with Crippen LogP contribution in [0.1, 0.15) is 95.7 Å². The van der Waals surface area contributed by atoms with E-state index in [1.807, 2.05) is 58.0 Å². The minimum Gasteiger partial charge on any atom is -0.494 e. The molecule has 12 nitrogen and oxygen atoms in total. The molecule has 13 heteroatoms. The van der Waals surface area contributed by atoms with E-state index in [2.05, 4.69) is 17.6 Å². The zero-order chi connectivity index (χ0) is 38.1. The summed E-state index contributed by atoms with van der Waals surface area (Å²) in [5, 5.41) is 6.82. The Hall–Kier alpha value is -4.41. The first-order valence-corrected chi connectivity index (χ1v) is 20.2. The molecule has 2 N–H and O–H groups in total. The first-order chi connectivity index (χ1) is 25.0. The van der Waals surface area contributed by atoms with Crippen LogP contribution in [0.5, 0.6) is 5.75 Å². The van der Waals surface area contributed by atoms with Gasteiger partial charge in [0.15, 0.2) is 5.76 Å². The molecule has 3 rings (SSSR count). The van der Waals surface area contributed by atoms with Gasteiger partial charge in [0, 0.05) is 17.5 Å². The molecule has 0 bridgehead atoms. The summed E-state index contributed by atoms with van der Waals surface area (Å²) in [6.45, 7) is 11.4. The smallest absolute Gasteiger partial charge is 0.335 e. The Morgan fingerprint density at radius 3 is 2.29 bits per heavy atom. The number of ether oxygens (including phenoxy) is 1. The van der Waals surface area contributed by atoms with Crippen molar-refractivity contribution in [3.63, 3.8) is 0 Å². The lowest BCUT2D eigenvalue weighted by Gasteiger charge is -2.32. The van der Waals surface area contributed by atoms with Crippen LogP contribution in [0.3, 0.4) is 0 Å². The van der Waals surface area contributed by atoms with Crippen molar-refractivity contribution in [1.29, 1.82) is 0 Å². The molecule has 0 aliphatic heterocycles. The Morgan fingerprint density at radius 1 is 0.923 bits per heavy atom. The maximum atomic E-state index is 13.7. The van der Waals surface area contributed by atoms with Crippen LogP contribution in [0.2, 0.25) is 0 Å². The highest BCUT2D eigenvalue weighted by Gasteiger charge is 2.34. The predicted octanol–water partition coefficient (Wildman–Crippen LogP) is 7.23. The summed E-state index contributed by atoms with van der Waals surface area (Å²) >= 11 is 0. The molecule has 3 aromatic rings. The zero-order valence-electron chi connectivity index (χ0n) is 31.2. The van der Waals surface area contributed by atoms with E-state index in [1.54, 1.807) is 30.9 Å². The van der Waals surface area contributed by atoms with Gasteiger partial charge in [0.1, 0.15) is 11.5 Å². The normalized spacial score (nSPS) is 13.4. The molecule has 1 unspecified atom stereocenters. The van der Waals surface area contributed by atoms with Crippen molar-refractivity contribution < 1.29 is 42.3 Å². The Bertz CT molecular complexity index is 1640. The van der Waals surface area contributed by atoms with Crippen molar-refractivity contribution in [3.8, 4) is 17.1 Å². The van der Waals surface area contributed by atoms with Gasteiger partial charge in [-0.25, -0.2) is 4.79 Å². The van der Waals surface area contributed by atoms with E-state index in [0.29, 0.717) is 61.1 Å². The number of carbonyl (C=O) groups excluding carboxylic acids is 4. The fraction of sp³-hybridized carbons (Fsp3) is 0.487. The molecule has 0 fully saturated rings. The monoisotopic (exact) mass is 739 g/mol. The third kappa shape index (κ3) is 12.1. The van der Waals surface area contributed by atoms with Crippen LogP contribution < -0.4 is 20.7 Å². The fourth-order valence-corrected chi connectivity index (χ4v) is 7.10. The molecule has 0 radical (unpaired) electrons. The number of hydrogen-bond donors (Lipinski definition) is 2. The van der Waals surface area contributed by atoms with Gasteiger partial charge >= 0.3 is 5.97 Å². The van der Waals surface area contributed by atoms with Gasteiger partial charge in [-0.3, -0.25) is 18.9 Å². The van der Waals surface area contributed by atoms with Crippen molar-refractivity contribution in [3.05, 3.63) is 72.0 Å². The molecular formula is C39H54N3O9P. The van der Waals surface area contributed by atoms with Gasteiger partial charge in [-0.05, 0) is 68.5 Å². The van der Waals surface area contributed by atoms with Gasteiger partial charge in [-0.15, -0.1) is 0 Å². The minimum atomic E-state index is -3.28. The molecule has 0 saturated heterocycles. The molecule has 1 heterocycles. The highest BCUT2D eigenvalue weighted by Crippen LogP contribution is 2.44. The number of nitrogens with one attached hydrogen (secondary N) is 2. The van der Waals surface area contributed by atoms with Crippen molar-refractivity contribution in [1.82, 2.24) is 15.7 Å². The summed E-state index contributed by atoms with van der Waals surface area (Å²) in [6.07, 6.45) is 4.99. The highest BCUT2D eigenvalue weighted by atomic mass is 31.2. The third-order valence-corrected chi connectivity index (χ3v) is 10.7. The lowest BCUT2D eigenvalue weighted by molar-refractivity contribution is -0.208. The average Bonchev–Trinajstić information content (AvgIpc) is 3.65. The molecule has 284 valence electrons. The number of furan rings is 1. The van der Waals surface area contributed by atoms with Crippen LogP contribution in [-0.4, -0.2) is 55.2 Å². The average molecular weight is 740 g/mol. The van der Waals surface area contributed by atoms with E-state index in [1.165, 1.54) is 6.07 Å². The molecule has 52 heavy (non-hydrogen) atoms. The topological polar surface area (TPSA) is 153 Å². The number of benzene rings is 2. The Labute approximate surface area is 307 Å². The molecule has 0 saturated carbocycles. The van der Waals surface area contributed by atoms with E-state index >= 15 is 0 Å². The van der Waals surface area contributed by atoms with Crippen LogP contribution >= 0.6 is 7.37 Å². The molecule has 0 aliphatic rings. The molecule has 0 aliphatic carbocycles. The number of hydrogen-bond acceptors (Lipinski definition) is 9. The second-order valence-electron chi connectivity index (χ2n) is 12.6. The summed E-state index contributed by atoms with van der Waals surface area (Å²) in [7, 11) is -3.28. The standard InChI is InChI=1S/C39H54N3O9P/c1-7-12-14-19-33(34(10-4)42(27-43)51-39(46)29(8-2)9-3)37(44)40-26-41-38(45)36-21-20-35(50-36)30-22-31(48-11-5)24-32(23-30)52(6,47)49-25-28-17-15-13-16-18-28/h13,15-18,20-24,27,29,33-34H,7-12,14,19,25-26H2,1-6H3,(H,40,44)(H,41,45)/t33-,34-,52?/m1/s1. The van der Waals surface area contributed by atoms with Crippen molar-refractivity contribution in [2.24, 2.45) is 11.8 Å². The lowest BCUT2D eigenvalue weighted by atomic mass is 9.90. The highest BCUT2D eigenvalue weighted by molar-refractivity contribution is 7.66. The van der Waals surface area contributed by atoms with E-state index < -0.39 is 31.2 Å². The van der Waals surface area contributed by atoms with E-state index in [9.17, 15) is 23.7 Å². The number of rotatable bonds is 23. The maximum absolute atomic E-state index is 13.7. The van der Waals surface area contributed by atoms with Gasteiger partial charge in [0.05, 0.1) is 37.8 Å². The van der Waals surface area contributed by atoms with Crippen molar-refractivity contribution in [2.45, 2.75) is 92.2 Å². The second kappa shape index (κ2) is 21.2. The number of carbonyl (C=O) groups is 4. The number of nitrogens with zero attached hydrogens (tertiary/aromatic N) is 1. The number of amides is 3. The second-order valence-corrected chi connectivity index (χ2v) is 15.1. The van der Waals surface area contributed by atoms with Crippen LogP contribution in [0.15, 0.2) is 65.1 Å². The van der Waals surface area contributed by atoms with Gasteiger partial charge in [-0.1, -0.05) is 77.3 Å². The summed E-state index contributed by atoms with van der Waals surface area (Å²) in [6, 6.07) is 17.0. The summed E-state index contributed by atoms with van der Waals surface area (Å²) < 4.78 is 31.2. The minimum absolute atomic E-state index is 0.000930.